The van der Waals surface area contributed by atoms with Crippen LogP contribution in [0.5, 0.6) is 0 Å². The van der Waals surface area contributed by atoms with Crippen LogP contribution in [0.15, 0.2) is 0 Å². The minimum Gasteiger partial charge on any atom is -0.283 e. The molecule has 0 radical (unpaired) electrons. The molecule has 3 nitrogen and oxygen atoms in total. The molecule has 0 spiro atoms. The number of hydrogen-bond donors (Lipinski definition) is 0. The Morgan fingerprint density at radius 2 is 1.07 bits per heavy atom. The first kappa shape index (κ1) is 25.5. The molecule has 0 saturated carbocycles. The topological polar surface area (TPSA) is 37.4 Å². The molecule has 0 bridgehead atoms. The molecule has 0 unspecified atom stereocenters. The van der Waals surface area contributed by atoms with Crippen molar-refractivity contribution in [3.63, 3.8) is 0 Å². The molecule has 0 aromatic heterocycles. The van der Waals surface area contributed by atoms with Crippen molar-refractivity contribution in [2.75, 3.05) is 18.1 Å². The van der Waals surface area contributed by atoms with E-state index in [0.29, 0.717) is 19.4 Å². The summed E-state index contributed by atoms with van der Waals surface area (Å²) in [4.78, 5) is 25.4. The summed E-state index contributed by atoms with van der Waals surface area (Å²) in [6.07, 6.45) is 21.4. The van der Waals surface area contributed by atoms with E-state index >= 15 is 0 Å². The van der Waals surface area contributed by atoms with Crippen LogP contribution in [0.25, 0.3) is 0 Å². The van der Waals surface area contributed by atoms with Gasteiger partial charge in [0.15, 0.2) is 0 Å². The summed E-state index contributed by atoms with van der Waals surface area (Å²) in [6, 6.07) is 0. The van der Waals surface area contributed by atoms with Gasteiger partial charge in [-0.25, -0.2) is 0 Å². The first-order valence-electron chi connectivity index (χ1n) is 12.2. The Hall–Kier alpha value is -0.510. The van der Waals surface area contributed by atoms with E-state index in [9.17, 15) is 9.59 Å². The Kier molecular flexibility index (Phi) is 16.9. The van der Waals surface area contributed by atoms with E-state index < -0.39 is 0 Å². The highest BCUT2D eigenvalue weighted by Gasteiger charge is 2.22. The molecule has 0 N–H and O–H groups in total. The monoisotopic (exact) mass is 411 g/mol. The van der Waals surface area contributed by atoms with Crippen molar-refractivity contribution < 1.29 is 9.59 Å². The summed E-state index contributed by atoms with van der Waals surface area (Å²) in [7, 11) is 0. The molecule has 0 aromatic carbocycles. The number of carbonyl (C=O) groups is 2. The molecule has 1 fully saturated rings. The van der Waals surface area contributed by atoms with Crippen LogP contribution < -0.4 is 0 Å². The van der Waals surface area contributed by atoms with Crippen molar-refractivity contribution in [3.8, 4) is 0 Å². The standard InChI is InChI=1S/C24H45NO2S/c1-2-3-4-5-11-16-21-28-22-17-12-9-7-6-8-10-15-20-25-23(26)18-13-14-19-24(25)27/h2-22H2,1H3. The molecule has 28 heavy (non-hydrogen) atoms. The van der Waals surface area contributed by atoms with Gasteiger partial charge < -0.3 is 0 Å². The maximum atomic E-state index is 11.9. The lowest BCUT2D eigenvalue weighted by Crippen LogP contribution is -2.35. The number of hydrogen-bond acceptors (Lipinski definition) is 3. The summed E-state index contributed by atoms with van der Waals surface area (Å²) in [5, 5.41) is 0. The van der Waals surface area contributed by atoms with Crippen molar-refractivity contribution in [2.24, 2.45) is 0 Å². The Balaban J connectivity index is 1.79. The fraction of sp³-hybridized carbons (Fsp3) is 0.917. The van der Waals surface area contributed by atoms with Gasteiger partial charge in [0.2, 0.25) is 11.8 Å². The normalized spacial score (nSPS) is 15.2. The Bertz CT molecular complexity index is 382. The highest BCUT2D eigenvalue weighted by Crippen LogP contribution is 2.16. The average Bonchev–Trinajstić information content (AvgIpc) is 2.85. The second-order valence-corrected chi connectivity index (χ2v) is 9.58. The van der Waals surface area contributed by atoms with Gasteiger partial charge in [0.1, 0.15) is 0 Å². The summed E-state index contributed by atoms with van der Waals surface area (Å²) in [6.45, 7) is 2.92. The number of carbonyl (C=O) groups excluding carboxylic acids is 2. The lowest BCUT2D eigenvalue weighted by molar-refractivity contribution is -0.143. The van der Waals surface area contributed by atoms with Crippen LogP contribution in [-0.4, -0.2) is 34.8 Å². The number of amides is 2. The third-order valence-corrected chi connectivity index (χ3v) is 6.85. The zero-order valence-electron chi connectivity index (χ0n) is 18.5. The highest BCUT2D eigenvalue weighted by atomic mass is 32.2. The molecular weight excluding hydrogens is 366 g/mol. The van der Waals surface area contributed by atoms with Crippen LogP contribution >= 0.6 is 11.8 Å². The van der Waals surface area contributed by atoms with Crippen molar-refractivity contribution in [1.82, 2.24) is 4.90 Å². The second-order valence-electron chi connectivity index (χ2n) is 8.35. The van der Waals surface area contributed by atoms with E-state index in [1.165, 1.54) is 93.5 Å². The van der Waals surface area contributed by atoms with E-state index in [1.807, 2.05) is 0 Å². The molecule has 1 heterocycles. The van der Waals surface area contributed by atoms with E-state index in [1.54, 1.807) is 0 Å². The number of imide groups is 1. The number of nitrogens with zero attached hydrogens (tertiary/aromatic N) is 1. The van der Waals surface area contributed by atoms with E-state index in [2.05, 4.69) is 18.7 Å². The zero-order chi connectivity index (χ0) is 20.3. The van der Waals surface area contributed by atoms with Crippen LogP contribution in [0.4, 0.5) is 0 Å². The van der Waals surface area contributed by atoms with Crippen molar-refractivity contribution in [1.29, 1.82) is 0 Å². The van der Waals surface area contributed by atoms with Gasteiger partial charge >= 0.3 is 0 Å². The number of thioether (sulfide) groups is 1. The van der Waals surface area contributed by atoms with Crippen molar-refractivity contribution in [2.45, 2.75) is 122 Å². The van der Waals surface area contributed by atoms with Crippen LogP contribution in [0.2, 0.25) is 0 Å². The van der Waals surface area contributed by atoms with E-state index in [4.69, 9.17) is 0 Å². The van der Waals surface area contributed by atoms with Gasteiger partial charge in [-0.05, 0) is 43.6 Å². The lowest BCUT2D eigenvalue weighted by atomic mass is 10.1. The van der Waals surface area contributed by atoms with Gasteiger partial charge in [-0.3, -0.25) is 14.5 Å². The number of rotatable bonds is 18. The Labute approximate surface area is 178 Å². The van der Waals surface area contributed by atoms with E-state index in [-0.39, 0.29) is 11.8 Å². The Morgan fingerprint density at radius 3 is 1.57 bits per heavy atom. The summed E-state index contributed by atoms with van der Waals surface area (Å²) in [5.74, 6) is 2.80. The molecule has 1 saturated heterocycles. The molecule has 164 valence electrons. The fourth-order valence-electron chi connectivity index (χ4n) is 3.83. The first-order chi connectivity index (χ1) is 13.8. The molecule has 1 aliphatic heterocycles. The lowest BCUT2D eigenvalue weighted by Gasteiger charge is -2.18. The third kappa shape index (κ3) is 13.6. The predicted molar refractivity (Wildman–Crippen MR) is 123 cm³/mol. The van der Waals surface area contributed by atoms with Gasteiger partial charge in [0, 0.05) is 19.4 Å². The quantitative estimate of drug-likeness (QED) is 0.178. The van der Waals surface area contributed by atoms with Gasteiger partial charge in [0.05, 0.1) is 0 Å². The maximum Gasteiger partial charge on any atom is 0.229 e. The highest BCUT2D eigenvalue weighted by molar-refractivity contribution is 7.99. The zero-order valence-corrected chi connectivity index (χ0v) is 19.3. The van der Waals surface area contributed by atoms with Gasteiger partial charge in [-0.1, -0.05) is 77.6 Å². The predicted octanol–water partition coefficient (Wildman–Crippen LogP) is 7.13. The molecule has 0 aliphatic carbocycles. The largest absolute Gasteiger partial charge is 0.283 e. The minimum atomic E-state index is 0.0527. The summed E-state index contributed by atoms with van der Waals surface area (Å²) >= 11 is 2.15. The molecule has 1 aliphatic rings. The SMILES string of the molecule is CCCCCCCCSCCCCCCCCCCN1C(=O)CCCCC1=O. The van der Waals surface area contributed by atoms with Crippen LogP contribution in [-0.2, 0) is 9.59 Å². The fourth-order valence-corrected chi connectivity index (χ4v) is 4.85. The summed E-state index contributed by atoms with van der Waals surface area (Å²) in [5.41, 5.74) is 0. The van der Waals surface area contributed by atoms with Crippen molar-refractivity contribution in [3.05, 3.63) is 0 Å². The minimum absolute atomic E-state index is 0.0527. The van der Waals surface area contributed by atoms with Crippen LogP contribution in [0.1, 0.15) is 122 Å². The summed E-state index contributed by atoms with van der Waals surface area (Å²) < 4.78 is 0. The molecule has 2 amide bonds. The third-order valence-electron chi connectivity index (χ3n) is 5.70. The van der Waals surface area contributed by atoms with Crippen LogP contribution in [0.3, 0.4) is 0 Å². The maximum absolute atomic E-state index is 11.9. The molecule has 1 rings (SSSR count). The number of unbranched alkanes of at least 4 members (excludes halogenated alkanes) is 12. The van der Waals surface area contributed by atoms with E-state index in [0.717, 1.165) is 25.7 Å². The molecule has 0 atom stereocenters. The Morgan fingerprint density at radius 1 is 0.643 bits per heavy atom. The van der Waals surface area contributed by atoms with Gasteiger partial charge in [-0.15, -0.1) is 0 Å². The smallest absolute Gasteiger partial charge is 0.229 e. The average molecular weight is 412 g/mol. The van der Waals surface area contributed by atoms with Crippen molar-refractivity contribution >= 4 is 23.6 Å². The van der Waals surface area contributed by atoms with Crippen LogP contribution in [0, 0.1) is 0 Å². The molecule has 4 heteroatoms. The molecule has 0 aromatic rings. The second kappa shape index (κ2) is 18.5. The number of likely N-dealkylation sites (tertiary alicyclic amines) is 1. The van der Waals surface area contributed by atoms with Gasteiger partial charge in [0.25, 0.3) is 0 Å². The van der Waals surface area contributed by atoms with Gasteiger partial charge in [-0.2, -0.15) is 11.8 Å². The first-order valence-corrected chi connectivity index (χ1v) is 13.3. The molecular formula is C24H45NO2S.